The molecular formula is C14H15BrN2O3. The van der Waals surface area contributed by atoms with E-state index in [1.807, 2.05) is 4.90 Å². The molecule has 6 heteroatoms. The van der Waals surface area contributed by atoms with Crippen molar-refractivity contribution in [1.82, 2.24) is 4.90 Å². The van der Waals surface area contributed by atoms with Gasteiger partial charge in [-0.3, -0.25) is 14.9 Å². The van der Waals surface area contributed by atoms with Crippen molar-refractivity contribution in [2.75, 3.05) is 0 Å². The first kappa shape index (κ1) is 13.5. The zero-order valence-corrected chi connectivity index (χ0v) is 12.5. The van der Waals surface area contributed by atoms with Gasteiger partial charge < -0.3 is 4.90 Å². The summed E-state index contributed by atoms with van der Waals surface area (Å²) in [5.41, 5.74) is 0.391. The lowest BCUT2D eigenvalue weighted by Gasteiger charge is -2.37. The summed E-state index contributed by atoms with van der Waals surface area (Å²) in [7, 11) is 0. The zero-order valence-electron chi connectivity index (χ0n) is 10.9. The number of nitrogens with zero attached hydrogens (tertiary/aromatic N) is 2. The van der Waals surface area contributed by atoms with E-state index in [0.717, 1.165) is 25.7 Å². The lowest BCUT2D eigenvalue weighted by atomic mass is 10.0. The Labute approximate surface area is 125 Å². The third kappa shape index (κ3) is 2.32. The van der Waals surface area contributed by atoms with Crippen LogP contribution < -0.4 is 0 Å². The van der Waals surface area contributed by atoms with Crippen molar-refractivity contribution in [3.05, 3.63) is 39.9 Å². The van der Waals surface area contributed by atoms with Crippen LogP contribution in [0.5, 0.6) is 0 Å². The molecule has 2 unspecified atom stereocenters. The van der Waals surface area contributed by atoms with Crippen LogP contribution >= 0.6 is 15.9 Å². The van der Waals surface area contributed by atoms with E-state index in [2.05, 4.69) is 15.9 Å². The number of piperidine rings is 1. The Hall–Kier alpha value is -1.43. The molecule has 0 radical (unpaired) electrons. The molecule has 1 aromatic carbocycles. The average Bonchev–Trinajstić information content (AvgIpc) is 2.70. The average molecular weight is 339 g/mol. The second-order valence-electron chi connectivity index (χ2n) is 5.47. The van der Waals surface area contributed by atoms with Gasteiger partial charge >= 0.3 is 0 Å². The Morgan fingerprint density at radius 2 is 1.95 bits per heavy atom. The van der Waals surface area contributed by atoms with Gasteiger partial charge in [-0.25, -0.2) is 0 Å². The number of fused-ring (bicyclic) bond motifs is 2. The fraction of sp³-hybridized carbons (Fsp3) is 0.500. The third-order valence-corrected chi connectivity index (χ3v) is 4.96. The molecule has 2 fully saturated rings. The van der Waals surface area contributed by atoms with E-state index in [0.29, 0.717) is 10.4 Å². The maximum atomic E-state index is 12.6. The smallest absolute Gasteiger partial charge is 0.270 e. The second-order valence-corrected chi connectivity index (χ2v) is 6.77. The van der Waals surface area contributed by atoms with Gasteiger partial charge in [0.25, 0.3) is 11.6 Å². The summed E-state index contributed by atoms with van der Waals surface area (Å²) in [6.45, 7) is 0. The van der Waals surface area contributed by atoms with Crippen LogP contribution in [0.25, 0.3) is 0 Å². The molecule has 2 heterocycles. The van der Waals surface area contributed by atoms with Gasteiger partial charge in [0, 0.05) is 34.6 Å². The number of hydrogen-bond acceptors (Lipinski definition) is 3. The minimum absolute atomic E-state index is 0.0291. The maximum absolute atomic E-state index is 12.6. The Kier molecular flexibility index (Phi) is 3.50. The molecule has 106 valence electrons. The highest BCUT2D eigenvalue weighted by Crippen LogP contribution is 2.39. The quantitative estimate of drug-likeness (QED) is 0.472. The topological polar surface area (TPSA) is 63.4 Å². The van der Waals surface area contributed by atoms with E-state index in [-0.39, 0.29) is 23.7 Å². The predicted molar refractivity (Wildman–Crippen MR) is 78.0 cm³/mol. The number of nitro benzene ring substituents is 1. The van der Waals surface area contributed by atoms with E-state index >= 15 is 0 Å². The first-order valence-corrected chi connectivity index (χ1v) is 7.69. The van der Waals surface area contributed by atoms with Gasteiger partial charge in [0.1, 0.15) is 0 Å². The van der Waals surface area contributed by atoms with E-state index in [9.17, 15) is 14.9 Å². The largest absolute Gasteiger partial charge is 0.333 e. The summed E-state index contributed by atoms with van der Waals surface area (Å²) in [5, 5.41) is 10.8. The highest BCUT2D eigenvalue weighted by Gasteiger charge is 2.42. The summed E-state index contributed by atoms with van der Waals surface area (Å²) >= 11 is 3.65. The van der Waals surface area contributed by atoms with Gasteiger partial charge in [0.15, 0.2) is 0 Å². The van der Waals surface area contributed by atoms with Crippen LogP contribution in [0.15, 0.2) is 24.3 Å². The first-order valence-electron chi connectivity index (χ1n) is 6.77. The number of rotatable bonds is 2. The van der Waals surface area contributed by atoms with Crippen LogP contribution in [0.1, 0.15) is 36.0 Å². The molecule has 1 aromatic rings. The van der Waals surface area contributed by atoms with Crippen molar-refractivity contribution in [2.24, 2.45) is 0 Å². The van der Waals surface area contributed by atoms with Gasteiger partial charge in [-0.15, -0.1) is 0 Å². The lowest BCUT2D eigenvalue weighted by Crippen LogP contribution is -2.46. The van der Waals surface area contributed by atoms with E-state index in [4.69, 9.17) is 0 Å². The summed E-state index contributed by atoms with van der Waals surface area (Å²) in [5.74, 6) is -0.0689. The van der Waals surface area contributed by atoms with Gasteiger partial charge in [0.2, 0.25) is 0 Å². The monoisotopic (exact) mass is 338 g/mol. The van der Waals surface area contributed by atoms with Crippen molar-refractivity contribution in [1.29, 1.82) is 0 Å². The number of carbonyl (C=O) groups excluding carboxylic acids is 1. The third-order valence-electron chi connectivity index (χ3n) is 4.21. The van der Waals surface area contributed by atoms with Gasteiger partial charge in [-0.05, 0) is 31.7 Å². The molecule has 0 spiro atoms. The number of non-ortho nitro benzene ring substituents is 1. The number of alkyl halides is 1. The standard InChI is InChI=1S/C14H15BrN2O3/c15-10-7-11-4-5-12(8-10)16(11)14(18)9-2-1-3-13(6-9)17(19)20/h1-3,6,10-12H,4-5,7-8H2. The van der Waals surface area contributed by atoms with Crippen molar-refractivity contribution in [2.45, 2.75) is 42.6 Å². The zero-order chi connectivity index (χ0) is 14.3. The van der Waals surface area contributed by atoms with E-state index in [1.165, 1.54) is 12.1 Å². The SMILES string of the molecule is O=C(c1cccc([N+](=O)[O-])c1)N1C2CCC1CC(Br)C2. The number of hydrogen-bond donors (Lipinski definition) is 0. The molecule has 5 nitrogen and oxygen atoms in total. The molecular weight excluding hydrogens is 324 g/mol. The molecule has 0 N–H and O–H groups in total. The summed E-state index contributed by atoms with van der Waals surface area (Å²) < 4.78 is 0. The van der Waals surface area contributed by atoms with Crippen LogP contribution in [0.2, 0.25) is 0 Å². The highest BCUT2D eigenvalue weighted by molar-refractivity contribution is 9.09. The number of benzene rings is 1. The van der Waals surface area contributed by atoms with Gasteiger partial charge in [-0.1, -0.05) is 22.0 Å². The van der Waals surface area contributed by atoms with Gasteiger partial charge in [-0.2, -0.15) is 0 Å². The van der Waals surface area contributed by atoms with Crippen molar-refractivity contribution in [3.63, 3.8) is 0 Å². The molecule has 0 aliphatic carbocycles. The molecule has 0 aromatic heterocycles. The fourth-order valence-corrected chi connectivity index (χ4v) is 4.21. The lowest BCUT2D eigenvalue weighted by molar-refractivity contribution is -0.384. The van der Waals surface area contributed by atoms with Crippen LogP contribution in [0.4, 0.5) is 5.69 Å². The minimum atomic E-state index is -0.462. The highest BCUT2D eigenvalue weighted by atomic mass is 79.9. The van der Waals surface area contributed by atoms with E-state index in [1.54, 1.807) is 12.1 Å². The van der Waals surface area contributed by atoms with Crippen molar-refractivity contribution < 1.29 is 9.72 Å². The maximum Gasteiger partial charge on any atom is 0.270 e. The minimum Gasteiger partial charge on any atom is -0.333 e. The second kappa shape index (κ2) is 5.16. The van der Waals surface area contributed by atoms with Crippen LogP contribution in [-0.2, 0) is 0 Å². The van der Waals surface area contributed by atoms with Crippen LogP contribution in [0.3, 0.4) is 0 Å². The number of nitro groups is 1. The molecule has 2 aliphatic rings. The molecule has 2 atom stereocenters. The molecule has 2 saturated heterocycles. The van der Waals surface area contributed by atoms with Crippen molar-refractivity contribution >= 4 is 27.5 Å². The molecule has 2 aliphatic heterocycles. The van der Waals surface area contributed by atoms with Crippen LogP contribution in [0, 0.1) is 10.1 Å². The van der Waals surface area contributed by atoms with Crippen LogP contribution in [-0.4, -0.2) is 32.6 Å². The predicted octanol–water partition coefficient (Wildman–Crippen LogP) is 3.13. The number of carbonyl (C=O) groups is 1. The summed E-state index contributed by atoms with van der Waals surface area (Å²) in [4.78, 5) is 25.4. The first-order chi connectivity index (χ1) is 9.56. The molecule has 3 rings (SSSR count). The number of amides is 1. The Morgan fingerprint density at radius 1 is 1.30 bits per heavy atom. The Bertz CT molecular complexity index is 549. The Balaban J connectivity index is 1.86. The Morgan fingerprint density at radius 3 is 2.55 bits per heavy atom. The van der Waals surface area contributed by atoms with Crippen molar-refractivity contribution in [3.8, 4) is 0 Å². The summed E-state index contributed by atoms with van der Waals surface area (Å²) in [6.07, 6.45) is 4.01. The number of halogens is 1. The van der Waals surface area contributed by atoms with Gasteiger partial charge in [0.05, 0.1) is 4.92 Å². The molecule has 2 bridgehead atoms. The molecule has 20 heavy (non-hydrogen) atoms. The molecule has 0 saturated carbocycles. The fourth-order valence-electron chi connectivity index (χ4n) is 3.34. The van der Waals surface area contributed by atoms with E-state index < -0.39 is 4.92 Å². The normalized spacial score (nSPS) is 28.4. The summed E-state index contributed by atoms with van der Waals surface area (Å²) in [6, 6.07) is 6.56. The molecule has 1 amide bonds.